The standard InChI is InChI=1S/C32H20S/c1-3-11-21(12-4-1)27-19-29-30-20-28(22-13-5-2-6-14-22)24-16-8-10-18-26(24)32(30)33-31(29)25-17-9-7-15-23(25)27/h1-20H. The average molecular weight is 437 g/mol. The molecule has 1 aromatic heterocycles. The highest BCUT2D eigenvalue weighted by Crippen LogP contribution is 2.46. The molecule has 0 saturated carbocycles. The highest BCUT2D eigenvalue weighted by atomic mass is 32.1. The van der Waals surface area contributed by atoms with Gasteiger partial charge in [0, 0.05) is 30.9 Å². The third-order valence-electron chi connectivity index (χ3n) is 6.65. The quantitative estimate of drug-likeness (QED) is 0.253. The van der Waals surface area contributed by atoms with Crippen LogP contribution in [-0.2, 0) is 0 Å². The monoisotopic (exact) mass is 436 g/mol. The minimum absolute atomic E-state index is 1.26. The smallest absolute Gasteiger partial charge is 0.0434 e. The maximum atomic E-state index is 2.41. The Morgan fingerprint density at radius 2 is 0.697 bits per heavy atom. The first-order chi connectivity index (χ1) is 16.4. The zero-order valence-corrected chi connectivity index (χ0v) is 18.8. The van der Waals surface area contributed by atoms with Crippen molar-refractivity contribution in [1.82, 2.24) is 0 Å². The molecule has 0 unspecified atom stereocenters. The van der Waals surface area contributed by atoms with E-state index in [1.165, 1.54) is 64.0 Å². The highest BCUT2D eigenvalue weighted by Gasteiger charge is 2.17. The third kappa shape index (κ3) is 2.83. The first-order valence-electron chi connectivity index (χ1n) is 11.3. The van der Waals surface area contributed by atoms with E-state index < -0.39 is 0 Å². The molecule has 33 heavy (non-hydrogen) atoms. The molecular weight excluding hydrogens is 416 g/mol. The molecule has 0 aliphatic carbocycles. The molecule has 0 fully saturated rings. The van der Waals surface area contributed by atoms with Crippen LogP contribution in [-0.4, -0.2) is 0 Å². The van der Waals surface area contributed by atoms with Gasteiger partial charge in [0.25, 0.3) is 0 Å². The summed E-state index contributed by atoms with van der Waals surface area (Å²) in [5.74, 6) is 0. The van der Waals surface area contributed by atoms with Gasteiger partial charge in [-0.05, 0) is 45.2 Å². The van der Waals surface area contributed by atoms with Crippen LogP contribution in [0.25, 0.3) is 64.0 Å². The minimum atomic E-state index is 1.26. The predicted molar refractivity (Wildman–Crippen MR) is 145 cm³/mol. The van der Waals surface area contributed by atoms with Gasteiger partial charge in [-0.3, -0.25) is 0 Å². The van der Waals surface area contributed by atoms with Crippen molar-refractivity contribution in [2.75, 3.05) is 0 Å². The van der Waals surface area contributed by atoms with Crippen molar-refractivity contribution in [2.24, 2.45) is 0 Å². The molecule has 0 saturated heterocycles. The van der Waals surface area contributed by atoms with Crippen LogP contribution in [0.3, 0.4) is 0 Å². The molecule has 154 valence electrons. The number of hydrogen-bond donors (Lipinski definition) is 0. The SMILES string of the molecule is c1ccc(-c2cc3c4cc(-c5ccccc5)c5ccccc5c4sc3c3ccccc23)cc1. The van der Waals surface area contributed by atoms with Crippen molar-refractivity contribution >= 4 is 53.1 Å². The number of hydrogen-bond acceptors (Lipinski definition) is 1. The molecule has 0 N–H and O–H groups in total. The fourth-order valence-corrected chi connectivity index (χ4v) is 6.47. The minimum Gasteiger partial charge on any atom is -0.134 e. The highest BCUT2D eigenvalue weighted by molar-refractivity contribution is 7.27. The van der Waals surface area contributed by atoms with Crippen LogP contribution >= 0.6 is 11.3 Å². The zero-order chi connectivity index (χ0) is 21.8. The lowest BCUT2D eigenvalue weighted by atomic mass is 9.93. The van der Waals surface area contributed by atoms with Crippen molar-refractivity contribution in [3.8, 4) is 22.3 Å². The van der Waals surface area contributed by atoms with Crippen molar-refractivity contribution < 1.29 is 0 Å². The van der Waals surface area contributed by atoms with E-state index in [2.05, 4.69) is 121 Å². The van der Waals surface area contributed by atoms with Gasteiger partial charge in [-0.15, -0.1) is 11.3 Å². The van der Waals surface area contributed by atoms with E-state index in [1.807, 2.05) is 11.3 Å². The summed E-state index contributed by atoms with van der Waals surface area (Å²) < 4.78 is 2.74. The molecule has 7 aromatic rings. The van der Waals surface area contributed by atoms with Crippen LogP contribution in [0.4, 0.5) is 0 Å². The molecule has 1 heterocycles. The lowest BCUT2D eigenvalue weighted by molar-refractivity contribution is 1.67. The van der Waals surface area contributed by atoms with Crippen LogP contribution in [0.15, 0.2) is 121 Å². The maximum absolute atomic E-state index is 2.41. The van der Waals surface area contributed by atoms with E-state index in [1.54, 1.807) is 0 Å². The van der Waals surface area contributed by atoms with Gasteiger partial charge >= 0.3 is 0 Å². The van der Waals surface area contributed by atoms with Crippen LogP contribution in [0, 0.1) is 0 Å². The second kappa shape index (κ2) is 7.30. The molecule has 0 atom stereocenters. The first-order valence-corrected chi connectivity index (χ1v) is 12.1. The van der Waals surface area contributed by atoms with Crippen molar-refractivity contribution in [3.05, 3.63) is 121 Å². The Morgan fingerprint density at radius 1 is 0.333 bits per heavy atom. The Hall–Kier alpha value is -3.94. The molecule has 6 aromatic carbocycles. The van der Waals surface area contributed by atoms with Gasteiger partial charge in [0.1, 0.15) is 0 Å². The zero-order valence-electron chi connectivity index (χ0n) is 18.0. The number of benzene rings is 6. The van der Waals surface area contributed by atoms with E-state index in [9.17, 15) is 0 Å². The summed E-state index contributed by atoms with van der Waals surface area (Å²) in [6.07, 6.45) is 0. The Bertz CT molecular complexity index is 1660. The Kier molecular flexibility index (Phi) is 4.12. The van der Waals surface area contributed by atoms with E-state index in [4.69, 9.17) is 0 Å². The van der Waals surface area contributed by atoms with E-state index in [0.29, 0.717) is 0 Å². The summed E-state index contributed by atoms with van der Waals surface area (Å²) in [6.45, 7) is 0. The third-order valence-corrected chi connectivity index (χ3v) is 7.94. The van der Waals surface area contributed by atoms with Crippen LogP contribution < -0.4 is 0 Å². The topological polar surface area (TPSA) is 0 Å². The number of fused-ring (bicyclic) bond motifs is 7. The maximum Gasteiger partial charge on any atom is 0.0434 e. The molecule has 0 spiro atoms. The van der Waals surface area contributed by atoms with Gasteiger partial charge in [0.15, 0.2) is 0 Å². The van der Waals surface area contributed by atoms with Crippen LogP contribution in [0.1, 0.15) is 0 Å². The fraction of sp³-hybridized carbons (Fsp3) is 0. The Balaban J connectivity index is 1.68. The van der Waals surface area contributed by atoms with E-state index in [0.717, 1.165) is 0 Å². The lowest BCUT2D eigenvalue weighted by Gasteiger charge is -2.10. The molecule has 0 aliphatic heterocycles. The molecule has 0 bridgehead atoms. The normalized spacial score (nSPS) is 11.6. The Labute approximate surface area is 196 Å². The van der Waals surface area contributed by atoms with Crippen LogP contribution in [0.5, 0.6) is 0 Å². The molecule has 0 amide bonds. The average Bonchev–Trinajstić information content (AvgIpc) is 3.28. The second-order valence-corrected chi connectivity index (χ2v) is 9.55. The molecular formula is C32H20S. The van der Waals surface area contributed by atoms with Crippen molar-refractivity contribution in [2.45, 2.75) is 0 Å². The van der Waals surface area contributed by atoms with E-state index >= 15 is 0 Å². The fourth-order valence-electron chi connectivity index (χ4n) is 5.13. The molecule has 0 nitrogen and oxygen atoms in total. The van der Waals surface area contributed by atoms with Gasteiger partial charge in [-0.1, -0.05) is 109 Å². The van der Waals surface area contributed by atoms with Gasteiger partial charge in [0.05, 0.1) is 0 Å². The summed E-state index contributed by atoms with van der Waals surface area (Å²) in [7, 11) is 0. The lowest BCUT2D eigenvalue weighted by Crippen LogP contribution is -1.84. The van der Waals surface area contributed by atoms with Gasteiger partial charge in [-0.2, -0.15) is 0 Å². The molecule has 7 rings (SSSR count). The summed E-state index contributed by atoms with van der Waals surface area (Å²) >= 11 is 1.93. The molecule has 0 aliphatic rings. The Morgan fingerprint density at radius 3 is 1.12 bits per heavy atom. The predicted octanol–water partition coefficient (Wildman–Crippen LogP) is 9.69. The van der Waals surface area contributed by atoms with Crippen LogP contribution in [0.2, 0.25) is 0 Å². The first kappa shape index (κ1) is 18.6. The van der Waals surface area contributed by atoms with Crippen molar-refractivity contribution in [3.63, 3.8) is 0 Å². The van der Waals surface area contributed by atoms with E-state index in [-0.39, 0.29) is 0 Å². The van der Waals surface area contributed by atoms with Gasteiger partial charge in [0.2, 0.25) is 0 Å². The summed E-state index contributed by atoms with van der Waals surface area (Å²) in [5.41, 5.74) is 5.12. The van der Waals surface area contributed by atoms with Gasteiger partial charge < -0.3 is 0 Å². The second-order valence-electron chi connectivity index (χ2n) is 8.53. The van der Waals surface area contributed by atoms with Crippen molar-refractivity contribution in [1.29, 1.82) is 0 Å². The molecule has 0 radical (unpaired) electrons. The summed E-state index contributed by atoms with van der Waals surface area (Å²) in [5, 5.41) is 7.98. The largest absolute Gasteiger partial charge is 0.134 e. The summed E-state index contributed by atoms with van der Waals surface area (Å²) in [4.78, 5) is 0. The molecule has 1 heteroatoms. The number of thiophene rings is 1. The number of rotatable bonds is 2. The summed E-state index contributed by atoms with van der Waals surface area (Å²) in [6, 6.07) is 44.1. The van der Waals surface area contributed by atoms with Gasteiger partial charge in [-0.25, -0.2) is 0 Å².